The second kappa shape index (κ2) is 8.27. The van der Waals surface area contributed by atoms with E-state index in [1.165, 1.54) is 42.9 Å². The number of amides is 1. The number of benzene rings is 2. The first-order chi connectivity index (χ1) is 15.4. The van der Waals surface area contributed by atoms with Gasteiger partial charge in [0.15, 0.2) is 0 Å². The summed E-state index contributed by atoms with van der Waals surface area (Å²) >= 11 is 0. The van der Waals surface area contributed by atoms with E-state index in [2.05, 4.69) is 66.7 Å². The van der Waals surface area contributed by atoms with Crippen LogP contribution >= 0.6 is 0 Å². The van der Waals surface area contributed by atoms with Crippen LogP contribution in [0.25, 0.3) is 10.8 Å². The van der Waals surface area contributed by atoms with E-state index < -0.39 is 0 Å². The van der Waals surface area contributed by atoms with Crippen LogP contribution in [0.4, 0.5) is 5.82 Å². The summed E-state index contributed by atoms with van der Waals surface area (Å²) in [5.74, 6) is 1.60. The molecule has 1 atom stereocenters. The molecule has 1 unspecified atom stereocenters. The second-order valence-electron chi connectivity index (χ2n) is 10.3. The third-order valence-electron chi connectivity index (χ3n) is 7.47. The number of hydrogen-bond donors (Lipinski definition) is 1. The predicted molar refractivity (Wildman–Crippen MR) is 130 cm³/mol. The quantitative estimate of drug-likeness (QED) is 0.568. The van der Waals surface area contributed by atoms with Gasteiger partial charge < -0.3 is 10.2 Å². The summed E-state index contributed by atoms with van der Waals surface area (Å²) < 4.78 is 2.03. The summed E-state index contributed by atoms with van der Waals surface area (Å²) in [6, 6.07) is 15.1. The number of nitrogens with zero attached hydrogens (tertiary/aromatic N) is 3. The summed E-state index contributed by atoms with van der Waals surface area (Å²) in [5.41, 5.74) is 1.74. The molecule has 2 heterocycles. The molecule has 1 aromatic heterocycles. The number of carbonyl (C=O) groups excluding carboxylic acids is 1. The Morgan fingerprint density at radius 1 is 1.12 bits per heavy atom. The fourth-order valence-corrected chi connectivity index (χ4v) is 5.74. The molecule has 1 fully saturated rings. The van der Waals surface area contributed by atoms with Crippen LogP contribution in [0.15, 0.2) is 48.7 Å². The van der Waals surface area contributed by atoms with E-state index in [1.807, 2.05) is 16.6 Å². The monoisotopic (exact) mass is 430 g/mol. The van der Waals surface area contributed by atoms with Gasteiger partial charge in [-0.1, -0.05) is 61.7 Å². The van der Waals surface area contributed by atoms with E-state index in [1.54, 1.807) is 6.20 Å². The van der Waals surface area contributed by atoms with Crippen molar-refractivity contribution in [2.75, 3.05) is 12.4 Å². The lowest BCUT2D eigenvalue weighted by atomic mass is 9.78. The molecular weight excluding hydrogens is 396 g/mol. The number of fused-ring (bicyclic) bond motifs is 2. The lowest BCUT2D eigenvalue weighted by Gasteiger charge is -2.42. The number of hydrogen-bond acceptors (Lipinski definition) is 3. The maximum atomic E-state index is 13.5. The molecule has 5 rings (SSSR count). The first-order valence-corrected chi connectivity index (χ1v) is 12.0. The molecule has 2 aromatic carbocycles. The Hall–Kier alpha value is -2.82. The smallest absolute Gasteiger partial charge is 0.259 e. The van der Waals surface area contributed by atoms with E-state index in [0.717, 1.165) is 17.8 Å². The van der Waals surface area contributed by atoms with Crippen molar-refractivity contribution < 1.29 is 4.79 Å². The molecule has 1 N–H and O–H groups in total. The number of carbonyl (C=O) groups is 1. The van der Waals surface area contributed by atoms with Crippen molar-refractivity contribution in [1.82, 2.24) is 14.7 Å². The third kappa shape index (κ3) is 3.78. The van der Waals surface area contributed by atoms with Crippen LogP contribution < -0.4 is 5.32 Å². The molecule has 1 amide bonds. The normalized spacial score (nSPS) is 20.5. The van der Waals surface area contributed by atoms with Gasteiger partial charge >= 0.3 is 0 Å². The Kier molecular flexibility index (Phi) is 5.44. The Morgan fingerprint density at radius 2 is 1.88 bits per heavy atom. The fourth-order valence-electron chi connectivity index (χ4n) is 5.74. The Morgan fingerprint density at radius 3 is 2.69 bits per heavy atom. The third-order valence-corrected chi connectivity index (χ3v) is 7.47. The van der Waals surface area contributed by atoms with Gasteiger partial charge in [-0.3, -0.25) is 4.79 Å². The van der Waals surface area contributed by atoms with Gasteiger partial charge in [0.25, 0.3) is 5.91 Å². The highest BCUT2D eigenvalue weighted by atomic mass is 16.2. The average Bonchev–Trinajstić information content (AvgIpc) is 3.24. The highest BCUT2D eigenvalue weighted by Crippen LogP contribution is 2.40. The standard InChI is InChI=1S/C27H34N4O/c1-27(2)16-24(20-11-5-4-6-12-20)29-25-23(17-28-31(25)27)26(32)30(3)18-21-14-9-13-19-10-7-8-15-22(19)21/h7-10,13-15,17,20,24,29H,4-6,11-12,16,18H2,1-3H3. The van der Waals surface area contributed by atoms with Crippen molar-refractivity contribution in [3.63, 3.8) is 0 Å². The van der Waals surface area contributed by atoms with E-state index in [-0.39, 0.29) is 11.4 Å². The lowest BCUT2D eigenvalue weighted by molar-refractivity contribution is 0.0786. The minimum absolute atomic E-state index is 0.0202. The average molecular weight is 431 g/mol. The molecule has 0 bridgehead atoms. The topological polar surface area (TPSA) is 50.2 Å². The largest absolute Gasteiger partial charge is 0.366 e. The number of rotatable bonds is 4. The minimum Gasteiger partial charge on any atom is -0.366 e. The zero-order valence-corrected chi connectivity index (χ0v) is 19.5. The molecule has 2 aliphatic rings. The van der Waals surface area contributed by atoms with Crippen molar-refractivity contribution in [3.8, 4) is 0 Å². The van der Waals surface area contributed by atoms with Crippen LogP contribution in [-0.4, -0.2) is 33.7 Å². The Bertz CT molecular complexity index is 1120. The molecule has 32 heavy (non-hydrogen) atoms. The maximum absolute atomic E-state index is 13.5. The Balaban J connectivity index is 1.41. The van der Waals surface area contributed by atoms with Crippen molar-refractivity contribution in [1.29, 1.82) is 0 Å². The van der Waals surface area contributed by atoms with Gasteiger partial charge in [0.2, 0.25) is 0 Å². The van der Waals surface area contributed by atoms with Gasteiger partial charge in [-0.2, -0.15) is 5.10 Å². The highest BCUT2D eigenvalue weighted by molar-refractivity contribution is 5.99. The summed E-state index contributed by atoms with van der Waals surface area (Å²) in [7, 11) is 1.89. The molecule has 0 spiro atoms. The summed E-state index contributed by atoms with van der Waals surface area (Å²) in [5, 5.41) is 10.8. The molecule has 1 aliphatic carbocycles. The molecule has 1 saturated carbocycles. The number of anilines is 1. The van der Waals surface area contributed by atoms with Gasteiger partial charge in [-0.25, -0.2) is 4.68 Å². The van der Waals surface area contributed by atoms with E-state index in [9.17, 15) is 4.79 Å². The van der Waals surface area contributed by atoms with Crippen LogP contribution in [0.5, 0.6) is 0 Å². The van der Waals surface area contributed by atoms with Crippen LogP contribution in [-0.2, 0) is 12.1 Å². The number of nitrogens with one attached hydrogen (secondary N) is 1. The van der Waals surface area contributed by atoms with E-state index >= 15 is 0 Å². The first kappa shape index (κ1) is 21.0. The highest BCUT2D eigenvalue weighted by Gasteiger charge is 2.39. The zero-order valence-electron chi connectivity index (χ0n) is 19.5. The van der Waals surface area contributed by atoms with Crippen LogP contribution in [0.3, 0.4) is 0 Å². The fraction of sp³-hybridized carbons (Fsp3) is 0.481. The molecular formula is C27H34N4O. The van der Waals surface area contributed by atoms with Crippen molar-refractivity contribution in [2.45, 2.75) is 70.5 Å². The van der Waals surface area contributed by atoms with Crippen LogP contribution in [0.1, 0.15) is 68.3 Å². The summed E-state index contributed by atoms with van der Waals surface area (Å²) in [6.45, 7) is 5.06. The van der Waals surface area contributed by atoms with Crippen LogP contribution in [0.2, 0.25) is 0 Å². The van der Waals surface area contributed by atoms with Crippen LogP contribution in [0, 0.1) is 5.92 Å². The van der Waals surface area contributed by atoms with E-state index in [4.69, 9.17) is 0 Å². The van der Waals surface area contributed by atoms with Crippen molar-refractivity contribution in [3.05, 3.63) is 59.8 Å². The molecule has 5 nitrogen and oxygen atoms in total. The van der Waals surface area contributed by atoms with E-state index in [0.29, 0.717) is 24.1 Å². The van der Waals surface area contributed by atoms with Gasteiger partial charge in [0, 0.05) is 19.6 Å². The van der Waals surface area contributed by atoms with Gasteiger partial charge in [0.1, 0.15) is 11.4 Å². The lowest BCUT2D eigenvalue weighted by Crippen LogP contribution is -2.46. The van der Waals surface area contributed by atoms with Gasteiger partial charge in [-0.15, -0.1) is 0 Å². The summed E-state index contributed by atoms with van der Waals surface area (Å²) in [4.78, 5) is 15.4. The molecule has 0 radical (unpaired) electrons. The van der Waals surface area contributed by atoms with Crippen molar-refractivity contribution in [2.24, 2.45) is 5.92 Å². The predicted octanol–water partition coefficient (Wildman–Crippen LogP) is 5.81. The molecule has 1 aliphatic heterocycles. The SMILES string of the molecule is CN(Cc1cccc2ccccc12)C(=O)c1cnn2c1NC(C1CCCCC1)CC2(C)C. The van der Waals surface area contributed by atoms with Gasteiger partial charge in [-0.05, 0) is 55.4 Å². The molecule has 168 valence electrons. The first-order valence-electron chi connectivity index (χ1n) is 12.0. The zero-order chi connectivity index (χ0) is 22.3. The second-order valence-corrected chi connectivity index (χ2v) is 10.3. The molecule has 5 heteroatoms. The maximum Gasteiger partial charge on any atom is 0.259 e. The summed E-state index contributed by atoms with van der Waals surface area (Å²) in [6.07, 6.45) is 9.37. The minimum atomic E-state index is -0.102. The van der Waals surface area contributed by atoms with Crippen molar-refractivity contribution >= 4 is 22.5 Å². The Labute approximate surface area is 190 Å². The molecule has 0 saturated heterocycles. The van der Waals surface area contributed by atoms with Gasteiger partial charge in [0.05, 0.1) is 11.7 Å². The molecule has 3 aromatic rings. The number of aromatic nitrogens is 2.